The highest BCUT2D eigenvalue weighted by Crippen LogP contribution is 2.31. The van der Waals surface area contributed by atoms with Gasteiger partial charge < -0.3 is 26.0 Å². The van der Waals surface area contributed by atoms with Crippen molar-refractivity contribution in [3.05, 3.63) is 131 Å². The number of carboxylic acids is 1. The number of aromatic nitrogens is 8. The Hall–Kier alpha value is -6.74. The average Bonchev–Trinajstić information content (AvgIpc) is 3.94. The molecule has 57 heavy (non-hydrogen) atoms. The summed E-state index contributed by atoms with van der Waals surface area (Å²) >= 11 is 0. The Labute approximate surface area is 331 Å². The number of pyridine rings is 4. The predicted octanol–water partition coefficient (Wildman–Crippen LogP) is 4.26. The molecule has 0 aliphatic heterocycles. The SMILES string of the molecule is CN(CC(=O)NCc1ccccn1)c1nc(-c2ccccn2)nc2c1CCC2.CN(CC(=O)O)c1nc(-c2ccccn2)nc2c1CCC2.NCc1ccccn1. The van der Waals surface area contributed by atoms with Gasteiger partial charge >= 0.3 is 5.97 Å². The number of carbonyl (C=O) groups excluding carboxylic acids is 1. The van der Waals surface area contributed by atoms with Crippen LogP contribution in [0.25, 0.3) is 23.0 Å². The molecule has 0 saturated carbocycles. The third-order valence-electron chi connectivity index (χ3n) is 9.22. The van der Waals surface area contributed by atoms with Gasteiger partial charge in [0.25, 0.3) is 0 Å². The first-order valence-electron chi connectivity index (χ1n) is 18.8. The molecule has 0 radical (unpaired) electrons. The number of aryl methyl sites for hydroxylation is 2. The van der Waals surface area contributed by atoms with E-state index in [1.807, 2.05) is 84.7 Å². The summed E-state index contributed by atoms with van der Waals surface area (Å²) in [5.74, 6) is 1.75. The molecular weight excluding hydrogens is 721 g/mol. The number of nitrogens with zero attached hydrogens (tertiary/aromatic N) is 10. The van der Waals surface area contributed by atoms with Gasteiger partial charge in [0.1, 0.15) is 29.6 Å². The Balaban J connectivity index is 0.000000166. The molecule has 15 nitrogen and oxygen atoms in total. The molecule has 1 amide bonds. The van der Waals surface area contributed by atoms with Crippen molar-refractivity contribution in [2.45, 2.75) is 51.6 Å². The van der Waals surface area contributed by atoms with Gasteiger partial charge in [-0.05, 0) is 87.1 Å². The van der Waals surface area contributed by atoms with Crippen molar-refractivity contribution >= 4 is 23.5 Å². The van der Waals surface area contributed by atoms with Crippen LogP contribution >= 0.6 is 0 Å². The van der Waals surface area contributed by atoms with Gasteiger partial charge in [-0.15, -0.1) is 0 Å². The number of carboxylic acid groups (broad SMARTS) is 1. The van der Waals surface area contributed by atoms with Gasteiger partial charge in [-0.3, -0.25) is 29.5 Å². The largest absolute Gasteiger partial charge is 0.480 e. The van der Waals surface area contributed by atoms with Crippen molar-refractivity contribution in [1.82, 2.24) is 45.2 Å². The van der Waals surface area contributed by atoms with E-state index in [1.54, 1.807) is 36.7 Å². The molecule has 15 heteroatoms. The minimum atomic E-state index is -0.873. The minimum absolute atomic E-state index is 0.0714. The van der Waals surface area contributed by atoms with Crippen LogP contribution in [0.4, 0.5) is 11.6 Å². The number of hydrogen-bond donors (Lipinski definition) is 3. The number of amides is 1. The third kappa shape index (κ3) is 10.9. The standard InChI is InChI=1S/C21H22N6O.C15H16N4O2.C6H8N2/c1-27(14-19(28)24-13-15-7-2-4-11-22-15)21-16-8-6-10-17(16)25-20(26-21)18-9-3-5-12-23-18;1-19(9-13(20)21)15-10-5-4-7-11(10)17-14(18-15)12-6-2-3-8-16-12;7-5-6-3-1-2-4-8-6/h2-5,7,9,11-12H,6,8,10,13-14H2,1H3,(H,24,28);2-3,6,8H,4-5,7,9H2,1H3,(H,20,21);1-4H,5,7H2. The van der Waals surface area contributed by atoms with Crippen LogP contribution in [-0.4, -0.2) is 84.0 Å². The molecule has 2 aliphatic rings. The summed E-state index contributed by atoms with van der Waals surface area (Å²) in [6.07, 6.45) is 12.7. The molecule has 0 unspecified atom stereocenters. The average molecular weight is 767 g/mol. The number of anilines is 2. The summed E-state index contributed by atoms with van der Waals surface area (Å²) in [5, 5.41) is 11.9. The number of likely N-dealkylation sites (N-methyl/N-ethyl adjacent to an activating group) is 2. The summed E-state index contributed by atoms with van der Waals surface area (Å²) in [6.45, 7) is 1.08. The van der Waals surface area contributed by atoms with Gasteiger partial charge in [-0.1, -0.05) is 24.3 Å². The number of hydrogen-bond acceptors (Lipinski definition) is 13. The lowest BCUT2D eigenvalue weighted by atomic mass is 10.2. The van der Waals surface area contributed by atoms with Gasteiger partial charge in [0.05, 0.1) is 24.5 Å². The number of fused-ring (bicyclic) bond motifs is 2. The first-order chi connectivity index (χ1) is 27.8. The molecule has 292 valence electrons. The first kappa shape index (κ1) is 39.9. The maximum Gasteiger partial charge on any atom is 0.323 e. The van der Waals surface area contributed by atoms with E-state index >= 15 is 0 Å². The molecular formula is C42H46N12O3. The van der Waals surface area contributed by atoms with Crippen LogP contribution in [0.2, 0.25) is 0 Å². The highest BCUT2D eigenvalue weighted by Gasteiger charge is 2.24. The second-order valence-corrected chi connectivity index (χ2v) is 13.5. The second-order valence-electron chi connectivity index (χ2n) is 13.5. The summed E-state index contributed by atoms with van der Waals surface area (Å²) in [6, 6.07) is 22.6. The summed E-state index contributed by atoms with van der Waals surface area (Å²) in [4.78, 5) is 62.4. The van der Waals surface area contributed by atoms with E-state index in [2.05, 4.69) is 35.2 Å². The van der Waals surface area contributed by atoms with Crippen LogP contribution < -0.4 is 20.9 Å². The van der Waals surface area contributed by atoms with Gasteiger partial charge in [0, 0.05) is 67.9 Å². The number of nitrogens with two attached hydrogens (primary N) is 1. The quantitative estimate of drug-likeness (QED) is 0.169. The molecule has 0 saturated heterocycles. The van der Waals surface area contributed by atoms with E-state index in [-0.39, 0.29) is 19.0 Å². The van der Waals surface area contributed by atoms with Crippen molar-refractivity contribution in [3.8, 4) is 23.0 Å². The lowest BCUT2D eigenvalue weighted by molar-refractivity contribution is -0.135. The number of rotatable bonds is 11. The molecule has 2 aliphatic carbocycles. The summed E-state index contributed by atoms with van der Waals surface area (Å²) in [7, 11) is 3.64. The van der Waals surface area contributed by atoms with Gasteiger partial charge in [0.15, 0.2) is 11.6 Å². The lowest BCUT2D eigenvalue weighted by Gasteiger charge is -2.21. The Morgan fingerprint density at radius 2 is 1.11 bits per heavy atom. The molecule has 6 aromatic heterocycles. The van der Waals surface area contributed by atoms with Crippen molar-refractivity contribution < 1.29 is 14.7 Å². The van der Waals surface area contributed by atoms with E-state index in [4.69, 9.17) is 20.8 Å². The third-order valence-corrected chi connectivity index (χ3v) is 9.22. The zero-order chi connectivity index (χ0) is 40.0. The number of nitrogens with one attached hydrogen (secondary N) is 1. The highest BCUT2D eigenvalue weighted by molar-refractivity contribution is 5.81. The fraction of sp³-hybridized carbons (Fsp3) is 0.286. The normalized spacial score (nSPS) is 12.2. The van der Waals surface area contributed by atoms with Crippen LogP contribution in [0.3, 0.4) is 0 Å². The van der Waals surface area contributed by atoms with Crippen LogP contribution in [0, 0.1) is 0 Å². The Kier molecular flexibility index (Phi) is 13.8. The molecule has 0 fully saturated rings. The molecule has 8 rings (SSSR count). The van der Waals surface area contributed by atoms with Gasteiger partial charge in [-0.2, -0.15) is 0 Å². The molecule has 4 N–H and O–H groups in total. The minimum Gasteiger partial charge on any atom is -0.480 e. The summed E-state index contributed by atoms with van der Waals surface area (Å²) in [5.41, 5.74) is 12.8. The fourth-order valence-corrected chi connectivity index (χ4v) is 6.51. The van der Waals surface area contributed by atoms with Gasteiger partial charge in [-0.25, -0.2) is 19.9 Å². The van der Waals surface area contributed by atoms with E-state index in [0.717, 1.165) is 83.9 Å². The van der Waals surface area contributed by atoms with E-state index in [1.165, 1.54) is 0 Å². The number of carbonyl (C=O) groups is 2. The number of aliphatic carboxylic acids is 1. The van der Waals surface area contributed by atoms with E-state index in [0.29, 0.717) is 36.3 Å². The van der Waals surface area contributed by atoms with Crippen LogP contribution in [0.5, 0.6) is 0 Å². The monoisotopic (exact) mass is 766 g/mol. The predicted molar refractivity (Wildman–Crippen MR) is 217 cm³/mol. The zero-order valence-corrected chi connectivity index (χ0v) is 32.1. The van der Waals surface area contributed by atoms with Crippen LogP contribution in [0.15, 0.2) is 97.6 Å². The topological polar surface area (TPSA) is 202 Å². The van der Waals surface area contributed by atoms with Crippen molar-refractivity contribution in [2.24, 2.45) is 5.73 Å². The van der Waals surface area contributed by atoms with E-state index < -0.39 is 5.97 Å². The Bertz CT molecular complexity index is 2230. The smallest absolute Gasteiger partial charge is 0.323 e. The van der Waals surface area contributed by atoms with Crippen molar-refractivity contribution in [1.29, 1.82) is 0 Å². The van der Waals surface area contributed by atoms with Gasteiger partial charge in [0.2, 0.25) is 5.91 Å². The maximum atomic E-state index is 12.4. The lowest BCUT2D eigenvalue weighted by Crippen LogP contribution is -2.36. The second kappa shape index (κ2) is 19.7. The zero-order valence-electron chi connectivity index (χ0n) is 32.1. The first-order valence-corrected chi connectivity index (χ1v) is 18.8. The summed E-state index contributed by atoms with van der Waals surface area (Å²) < 4.78 is 0. The molecule has 6 aromatic rings. The molecule has 6 heterocycles. The molecule has 0 spiro atoms. The molecule has 0 bridgehead atoms. The Morgan fingerprint density at radius 3 is 1.53 bits per heavy atom. The molecule has 0 aromatic carbocycles. The van der Waals surface area contributed by atoms with Crippen molar-refractivity contribution in [2.75, 3.05) is 37.0 Å². The van der Waals surface area contributed by atoms with Crippen LogP contribution in [0.1, 0.15) is 46.7 Å². The fourth-order valence-electron chi connectivity index (χ4n) is 6.51. The molecule has 0 atom stereocenters. The van der Waals surface area contributed by atoms with E-state index in [9.17, 15) is 9.59 Å². The maximum absolute atomic E-state index is 12.4. The Morgan fingerprint density at radius 1 is 0.632 bits per heavy atom. The van der Waals surface area contributed by atoms with Crippen molar-refractivity contribution in [3.63, 3.8) is 0 Å². The highest BCUT2D eigenvalue weighted by atomic mass is 16.4. The van der Waals surface area contributed by atoms with Crippen LogP contribution in [-0.2, 0) is 48.4 Å².